The molecule has 0 saturated carbocycles. The minimum absolute atomic E-state index is 0.0331. The van der Waals surface area contributed by atoms with E-state index >= 15 is 0 Å². The molecule has 304 valence electrons. The SMILES string of the molecule is CC1Cc2ccc(Oc3cccc(-n4[c](=[Pt])n(-c5c(-c6ccccc6)cc(C(C)(C)C)cc5-c5ccccc5)c5ccccc54)c3)cc2N(c2cc(C(C)(C)C)ccn2)C1. The van der Waals surface area contributed by atoms with E-state index < -0.39 is 0 Å². The third-order valence-corrected chi connectivity index (χ3v) is 12.7. The summed E-state index contributed by atoms with van der Waals surface area (Å²) < 4.78 is 12.6. The predicted octanol–water partition coefficient (Wildman–Crippen LogP) is 13.9. The predicted molar refractivity (Wildman–Crippen MR) is 245 cm³/mol. The Kier molecular flexibility index (Phi) is 10.4. The Labute approximate surface area is 365 Å². The molecule has 0 bridgehead atoms. The van der Waals surface area contributed by atoms with Crippen molar-refractivity contribution < 1.29 is 24.1 Å². The first kappa shape index (κ1) is 39.7. The van der Waals surface area contributed by atoms with Crippen molar-refractivity contribution >= 4 is 22.5 Å². The summed E-state index contributed by atoms with van der Waals surface area (Å²) in [5, 5.41) is 0. The Bertz CT molecular complexity index is 2850. The topological polar surface area (TPSA) is 35.2 Å². The Morgan fingerprint density at radius 3 is 1.83 bits per heavy atom. The van der Waals surface area contributed by atoms with Gasteiger partial charge in [0.1, 0.15) is 0 Å². The second-order valence-electron chi connectivity index (χ2n) is 18.3. The number of pyridine rings is 1. The molecule has 0 saturated heterocycles. The molecule has 0 radical (unpaired) electrons. The number of hydrogen-bond acceptors (Lipinski definition) is 3. The third kappa shape index (κ3) is 7.61. The molecule has 8 aromatic rings. The van der Waals surface area contributed by atoms with E-state index in [4.69, 9.17) is 9.72 Å². The molecule has 1 atom stereocenters. The van der Waals surface area contributed by atoms with Crippen molar-refractivity contribution in [1.82, 2.24) is 14.1 Å². The van der Waals surface area contributed by atoms with Gasteiger partial charge in [-0.3, -0.25) is 0 Å². The van der Waals surface area contributed by atoms with E-state index in [1.165, 1.54) is 38.9 Å². The Balaban J connectivity index is 1.17. The Hall–Kier alpha value is -5.77. The van der Waals surface area contributed by atoms with Crippen molar-refractivity contribution in [3.63, 3.8) is 0 Å². The van der Waals surface area contributed by atoms with E-state index in [1.54, 1.807) is 0 Å². The van der Waals surface area contributed by atoms with Gasteiger partial charge in [0.2, 0.25) is 0 Å². The number of benzene rings is 6. The van der Waals surface area contributed by atoms with Crippen LogP contribution in [-0.2, 0) is 36.6 Å². The molecule has 0 spiro atoms. The number of ether oxygens (including phenoxy) is 1. The minimum atomic E-state index is -0.0546. The standard InChI is InChI=1S/C54H52N4O.Pt/c1-37-29-40-25-26-45(34-50(40)56(35-37)51-32-41(27-28-55-51)53(2,3)4)59-44-22-16-21-43(33-44)57-36-58(49-24-15-14-23-48(49)57)52-46(38-17-10-8-11-18-38)30-42(54(5,6)7)31-47(52)39-19-12-9-13-20-39;/h8-28,30-34,37H,29,35H2,1-7H3;. The molecule has 0 N–H and O–H groups in total. The molecule has 1 aliphatic rings. The van der Waals surface area contributed by atoms with Crippen molar-refractivity contribution in [2.45, 2.75) is 65.7 Å². The van der Waals surface area contributed by atoms with Gasteiger partial charge >= 0.3 is 316 Å². The fraction of sp³-hybridized carbons (Fsp3) is 0.222. The number of fused-ring (bicyclic) bond motifs is 2. The molecular weight excluding hydrogens is 916 g/mol. The van der Waals surface area contributed by atoms with Gasteiger partial charge in [-0.15, -0.1) is 0 Å². The van der Waals surface area contributed by atoms with Crippen LogP contribution in [0.5, 0.6) is 11.5 Å². The maximum atomic E-state index is 6.77. The first-order valence-electron chi connectivity index (χ1n) is 21.0. The van der Waals surface area contributed by atoms with Gasteiger partial charge in [-0.25, -0.2) is 0 Å². The van der Waals surface area contributed by atoms with Gasteiger partial charge in [-0.2, -0.15) is 0 Å². The van der Waals surface area contributed by atoms with E-state index in [0.717, 1.165) is 62.2 Å². The molecule has 3 heterocycles. The third-order valence-electron chi connectivity index (χ3n) is 11.7. The van der Waals surface area contributed by atoms with E-state index in [1.807, 2.05) is 6.20 Å². The molecule has 1 unspecified atom stereocenters. The summed E-state index contributed by atoms with van der Waals surface area (Å²) in [5.41, 5.74) is 14.2. The second-order valence-corrected chi connectivity index (χ2v) is 19.3. The number of imidazole rings is 1. The zero-order chi connectivity index (χ0) is 41.8. The molecule has 0 fully saturated rings. The molecule has 0 amide bonds. The molecule has 60 heavy (non-hydrogen) atoms. The van der Waals surface area contributed by atoms with Crippen LogP contribution < -0.4 is 9.64 Å². The monoisotopic (exact) mass is 967 g/mol. The first-order chi connectivity index (χ1) is 28.8. The van der Waals surface area contributed by atoms with Crippen LogP contribution in [0.4, 0.5) is 11.5 Å². The summed E-state index contributed by atoms with van der Waals surface area (Å²) in [7, 11) is 0. The summed E-state index contributed by atoms with van der Waals surface area (Å²) in [4.78, 5) is 7.24. The van der Waals surface area contributed by atoms with Crippen molar-refractivity contribution in [2.75, 3.05) is 11.4 Å². The van der Waals surface area contributed by atoms with Crippen LogP contribution >= 0.6 is 0 Å². The van der Waals surface area contributed by atoms with E-state index in [-0.39, 0.29) is 10.8 Å². The van der Waals surface area contributed by atoms with Crippen molar-refractivity contribution in [1.29, 1.82) is 0 Å². The zero-order valence-corrected chi connectivity index (χ0v) is 37.8. The van der Waals surface area contributed by atoms with Gasteiger partial charge in [0, 0.05) is 6.20 Å². The van der Waals surface area contributed by atoms with Gasteiger partial charge in [0.25, 0.3) is 0 Å². The number of hydrogen-bond donors (Lipinski definition) is 0. The van der Waals surface area contributed by atoms with Crippen LogP contribution in [0, 0.1) is 9.72 Å². The van der Waals surface area contributed by atoms with Crippen LogP contribution in [0.25, 0.3) is 44.7 Å². The molecule has 5 nitrogen and oxygen atoms in total. The fourth-order valence-electron chi connectivity index (χ4n) is 8.51. The molecule has 6 aromatic carbocycles. The second kappa shape index (κ2) is 15.7. The van der Waals surface area contributed by atoms with Crippen LogP contribution in [0.1, 0.15) is 65.2 Å². The molecular formula is C54H52N4OPt. The van der Waals surface area contributed by atoms with E-state index in [0.29, 0.717) is 5.92 Å². The Morgan fingerprint density at radius 1 is 0.600 bits per heavy atom. The number of aromatic nitrogens is 3. The van der Waals surface area contributed by atoms with Gasteiger partial charge < -0.3 is 0 Å². The number of nitrogens with zero attached hydrogens (tertiary/aromatic N) is 4. The van der Waals surface area contributed by atoms with Crippen LogP contribution in [0.15, 0.2) is 158 Å². The molecule has 6 heteroatoms. The first-order valence-corrected chi connectivity index (χ1v) is 22.1. The van der Waals surface area contributed by atoms with E-state index in [9.17, 15) is 0 Å². The fourth-order valence-corrected chi connectivity index (χ4v) is 9.60. The average molecular weight is 968 g/mol. The molecule has 9 rings (SSSR count). The summed E-state index contributed by atoms with van der Waals surface area (Å²) in [5.74, 6) is 3.07. The van der Waals surface area contributed by atoms with E-state index in [2.05, 4.69) is 234 Å². The normalized spacial score (nSPS) is 14.3. The van der Waals surface area contributed by atoms with Gasteiger partial charge in [0.05, 0.1) is 0 Å². The quantitative estimate of drug-likeness (QED) is 0.160. The molecule has 0 aliphatic carbocycles. The van der Waals surface area contributed by atoms with Crippen LogP contribution in [0.2, 0.25) is 0 Å². The maximum absolute atomic E-state index is 6.77. The molecule has 1 aliphatic heterocycles. The van der Waals surface area contributed by atoms with Gasteiger partial charge in [-0.05, 0) is 17.0 Å². The number of anilines is 2. The number of rotatable bonds is 7. The molecule has 2 aromatic heterocycles. The summed E-state index contributed by atoms with van der Waals surface area (Å²) in [6, 6.07) is 54.6. The van der Waals surface area contributed by atoms with Crippen molar-refractivity contribution in [2.24, 2.45) is 5.92 Å². The van der Waals surface area contributed by atoms with Crippen LogP contribution in [0.3, 0.4) is 0 Å². The Morgan fingerprint density at radius 2 is 1.20 bits per heavy atom. The summed E-state index contributed by atoms with van der Waals surface area (Å²) in [6.07, 6.45) is 2.97. The van der Waals surface area contributed by atoms with Crippen molar-refractivity contribution in [3.05, 3.63) is 178 Å². The van der Waals surface area contributed by atoms with Gasteiger partial charge in [0.15, 0.2) is 0 Å². The van der Waals surface area contributed by atoms with Crippen LogP contribution in [-0.4, -0.2) is 20.7 Å². The zero-order valence-electron chi connectivity index (χ0n) is 35.5. The number of para-hydroxylation sites is 2. The summed E-state index contributed by atoms with van der Waals surface area (Å²) >= 11 is 2.52. The average Bonchev–Trinajstić information content (AvgIpc) is 3.54. The van der Waals surface area contributed by atoms with Gasteiger partial charge in [-0.1, -0.05) is 27.7 Å². The van der Waals surface area contributed by atoms with Crippen molar-refractivity contribution in [3.8, 4) is 45.1 Å². The summed E-state index contributed by atoms with van der Waals surface area (Å²) in [6.45, 7) is 16.9.